The number of benzene rings is 7. The number of hydrogen-bond acceptors (Lipinski definition) is 14. The fraction of sp³-hybridized carbons (Fsp3) is 0.299. The summed E-state index contributed by atoms with van der Waals surface area (Å²) in [7, 11) is -3.34. The molecule has 0 unspecified atom stereocenters. The highest BCUT2D eigenvalue weighted by atomic mass is 28.4. The molecule has 8 rings (SSSR count). The normalized spacial score (nSPS) is 14.9. The van der Waals surface area contributed by atoms with Crippen LogP contribution in [0.4, 0.5) is 0 Å². The molecule has 1 aliphatic rings. The lowest BCUT2D eigenvalue weighted by Crippen LogP contribution is -2.68. The molecule has 82 heavy (non-hydrogen) atoms. The molecule has 7 aromatic carbocycles. The molecule has 7 aromatic rings. The Labute approximate surface area is 482 Å². The van der Waals surface area contributed by atoms with E-state index in [2.05, 4.69) is 45.0 Å². The molecule has 0 saturated carbocycles. The number of carbonyl (C=O) groups excluding carboxylic acids is 5. The second-order valence-electron chi connectivity index (χ2n) is 21.5. The van der Waals surface area contributed by atoms with Crippen LogP contribution >= 0.6 is 0 Å². The minimum absolute atomic E-state index is 0.0000209. The first-order valence-electron chi connectivity index (χ1n) is 27.8. The molecule has 0 N–H and O–H groups in total. The molecule has 0 aliphatic carbocycles. The summed E-state index contributed by atoms with van der Waals surface area (Å²) in [6.07, 6.45) is 0.131. The van der Waals surface area contributed by atoms with Crippen molar-refractivity contribution < 1.29 is 52.1 Å². The molecule has 14 nitrogen and oxygen atoms in total. The first kappa shape index (κ1) is 60.1. The summed E-state index contributed by atoms with van der Waals surface area (Å²) >= 11 is 0. The van der Waals surface area contributed by atoms with Gasteiger partial charge < -0.3 is 28.1 Å². The first-order chi connectivity index (χ1) is 39.8. The highest BCUT2D eigenvalue weighted by Gasteiger charge is 2.51. The minimum Gasteiger partial charge on any atom is -0.460 e. The van der Waals surface area contributed by atoms with Gasteiger partial charge in [0.15, 0.2) is 0 Å². The molecule has 1 fully saturated rings. The Morgan fingerprint density at radius 1 is 0.476 bits per heavy atom. The van der Waals surface area contributed by atoms with E-state index in [0.717, 1.165) is 38.2 Å². The molecule has 0 radical (unpaired) electrons. The summed E-state index contributed by atoms with van der Waals surface area (Å²) < 4.78 is 37.3. The summed E-state index contributed by atoms with van der Waals surface area (Å²) in [6, 6.07) is 64.6. The van der Waals surface area contributed by atoms with Crippen LogP contribution in [0.25, 0.3) is 0 Å². The van der Waals surface area contributed by atoms with Crippen LogP contribution in [0.15, 0.2) is 212 Å². The average Bonchev–Trinajstić information content (AvgIpc) is 2.84. The number of nitrogens with zero attached hydrogens (tertiary/aromatic N) is 3. The number of rotatable bonds is 28. The standard InChI is InChI=1S/C67H73N3O11Si/c1-67(2,3)82(59-35-21-9-22-36-59,60-37-23-10-24-38-60)81-51-58(69(43-63(72)77-47-53-27-13-5-14-28-53)44-64(73)78-48-54-29-15-6-16-30-54)41-68(42-62(71)76-46-52-25-11-4-12-26-52)57-39-61(66(75)80-50-56-33-19-8-20-34-56)70(40-57)45-65(74)79-49-55-31-17-7-18-32-55/h4-38,57-58,61H,39-51H2,1-3H3/t57-,58-,61-/m0/s1. The van der Waals surface area contributed by atoms with Gasteiger partial charge in [0.2, 0.25) is 0 Å². The third kappa shape index (κ3) is 17.5. The maximum absolute atomic E-state index is 14.5. The van der Waals surface area contributed by atoms with Gasteiger partial charge in [0.1, 0.15) is 39.1 Å². The Hall–Kier alpha value is -8.05. The zero-order chi connectivity index (χ0) is 57.6. The van der Waals surface area contributed by atoms with Gasteiger partial charge in [-0.15, -0.1) is 0 Å². The van der Waals surface area contributed by atoms with Crippen LogP contribution in [0.2, 0.25) is 5.04 Å². The van der Waals surface area contributed by atoms with Crippen LogP contribution in [0, 0.1) is 0 Å². The van der Waals surface area contributed by atoms with E-state index < -0.39 is 61.3 Å². The van der Waals surface area contributed by atoms with Crippen molar-refractivity contribution in [3.63, 3.8) is 0 Å². The van der Waals surface area contributed by atoms with Gasteiger partial charge in [0, 0.05) is 25.2 Å². The summed E-state index contributed by atoms with van der Waals surface area (Å²) in [5.74, 6) is -2.87. The average molecular weight is 1120 g/mol. The molecule has 3 atom stereocenters. The molecule has 1 heterocycles. The summed E-state index contributed by atoms with van der Waals surface area (Å²) in [5, 5.41) is 1.53. The number of ether oxygens (including phenoxy) is 5. The number of carbonyl (C=O) groups is 5. The maximum Gasteiger partial charge on any atom is 0.323 e. The molecule has 1 saturated heterocycles. The zero-order valence-electron chi connectivity index (χ0n) is 47.0. The number of hydrogen-bond donors (Lipinski definition) is 0. The quantitative estimate of drug-likeness (QED) is 0.0261. The minimum atomic E-state index is -3.34. The van der Waals surface area contributed by atoms with Crippen molar-refractivity contribution in [3.05, 3.63) is 240 Å². The maximum atomic E-state index is 14.5. The predicted octanol–water partition coefficient (Wildman–Crippen LogP) is 8.70. The summed E-state index contributed by atoms with van der Waals surface area (Å²) in [6.45, 7) is 5.30. The predicted molar refractivity (Wildman–Crippen MR) is 315 cm³/mol. The Kier molecular flexibility index (Phi) is 22.1. The lowest BCUT2D eigenvalue weighted by atomic mass is 10.1. The van der Waals surface area contributed by atoms with E-state index in [0.29, 0.717) is 0 Å². The second-order valence-corrected chi connectivity index (χ2v) is 25.8. The molecule has 0 aromatic heterocycles. The van der Waals surface area contributed by atoms with Crippen LogP contribution in [-0.2, 0) is 85.1 Å². The topological polar surface area (TPSA) is 150 Å². The molecule has 426 valence electrons. The molecule has 15 heteroatoms. The number of likely N-dealkylation sites (tertiary alicyclic amines) is 1. The smallest absolute Gasteiger partial charge is 0.323 e. The summed E-state index contributed by atoms with van der Waals surface area (Å²) in [4.78, 5) is 76.9. The third-order valence-corrected chi connectivity index (χ3v) is 19.6. The van der Waals surface area contributed by atoms with E-state index in [4.69, 9.17) is 28.1 Å². The van der Waals surface area contributed by atoms with Gasteiger partial charge >= 0.3 is 29.8 Å². The third-order valence-electron chi connectivity index (χ3n) is 14.6. The van der Waals surface area contributed by atoms with E-state index in [1.54, 1.807) is 9.80 Å². The van der Waals surface area contributed by atoms with Crippen LogP contribution < -0.4 is 10.4 Å². The highest BCUT2D eigenvalue weighted by molar-refractivity contribution is 6.99. The van der Waals surface area contributed by atoms with E-state index >= 15 is 0 Å². The van der Waals surface area contributed by atoms with Gasteiger partial charge in [-0.1, -0.05) is 233 Å². The lowest BCUT2D eigenvalue weighted by molar-refractivity contribution is -0.154. The van der Waals surface area contributed by atoms with Gasteiger partial charge in [0.25, 0.3) is 8.32 Å². The largest absolute Gasteiger partial charge is 0.460 e. The van der Waals surface area contributed by atoms with Crippen LogP contribution in [0.5, 0.6) is 0 Å². The lowest BCUT2D eigenvalue weighted by Gasteiger charge is -2.45. The van der Waals surface area contributed by atoms with Crippen LogP contribution in [0.3, 0.4) is 0 Å². The molecular formula is C67H73N3O11Si. The van der Waals surface area contributed by atoms with Crippen LogP contribution in [-0.4, -0.2) is 117 Å². The molecular weight excluding hydrogens is 1050 g/mol. The van der Waals surface area contributed by atoms with Gasteiger partial charge in [-0.2, -0.15) is 0 Å². The zero-order valence-corrected chi connectivity index (χ0v) is 48.0. The SMILES string of the molecule is CC(C)(C)[Si](OC[C@H](CN(CC(=O)OCc1ccccc1)[C@H]1C[C@@H](C(=O)OCc2ccccc2)N(CC(=O)OCc2ccccc2)C1)N(CC(=O)OCc1ccccc1)CC(=O)OCc1ccccc1)(c1ccccc1)c1ccccc1. The van der Waals surface area contributed by atoms with Gasteiger partial charge in [0.05, 0.1) is 32.8 Å². The van der Waals surface area contributed by atoms with E-state index in [1.807, 2.05) is 193 Å². The molecule has 0 spiro atoms. The van der Waals surface area contributed by atoms with Gasteiger partial charge in [-0.05, 0) is 49.6 Å². The molecule has 0 amide bonds. The van der Waals surface area contributed by atoms with E-state index in [1.165, 1.54) is 0 Å². The van der Waals surface area contributed by atoms with Crippen molar-refractivity contribution in [3.8, 4) is 0 Å². The Balaban J connectivity index is 1.19. The van der Waals surface area contributed by atoms with Crippen molar-refractivity contribution >= 4 is 48.5 Å². The van der Waals surface area contributed by atoms with E-state index in [-0.39, 0.29) is 85.3 Å². The van der Waals surface area contributed by atoms with Crippen molar-refractivity contribution in [2.24, 2.45) is 0 Å². The van der Waals surface area contributed by atoms with Crippen molar-refractivity contribution in [1.29, 1.82) is 0 Å². The molecule has 1 aliphatic heterocycles. The van der Waals surface area contributed by atoms with Crippen molar-refractivity contribution in [2.75, 3.05) is 45.9 Å². The highest BCUT2D eigenvalue weighted by Crippen LogP contribution is 2.37. The fourth-order valence-electron chi connectivity index (χ4n) is 10.4. The second kappa shape index (κ2) is 30.1. The van der Waals surface area contributed by atoms with Gasteiger partial charge in [-0.25, -0.2) is 0 Å². The Morgan fingerprint density at radius 3 is 1.20 bits per heavy atom. The fourth-order valence-corrected chi connectivity index (χ4v) is 15.0. The van der Waals surface area contributed by atoms with Crippen molar-refractivity contribution in [2.45, 2.75) is 83.4 Å². The van der Waals surface area contributed by atoms with E-state index in [9.17, 15) is 24.0 Å². The first-order valence-corrected chi connectivity index (χ1v) is 29.7. The summed E-state index contributed by atoms with van der Waals surface area (Å²) in [5.41, 5.74) is 3.94. The van der Waals surface area contributed by atoms with Crippen LogP contribution in [0.1, 0.15) is 55.0 Å². The van der Waals surface area contributed by atoms with Gasteiger partial charge in [-0.3, -0.25) is 38.7 Å². The Morgan fingerprint density at radius 2 is 0.817 bits per heavy atom. The Bertz CT molecular complexity index is 2990. The monoisotopic (exact) mass is 1120 g/mol. The van der Waals surface area contributed by atoms with Crippen molar-refractivity contribution in [1.82, 2.24) is 14.7 Å². The number of esters is 5. The molecule has 0 bridgehead atoms.